The van der Waals surface area contributed by atoms with Gasteiger partial charge in [-0.25, -0.2) is 8.78 Å². The van der Waals surface area contributed by atoms with E-state index in [4.69, 9.17) is 33.8 Å². The van der Waals surface area contributed by atoms with Crippen molar-refractivity contribution in [2.45, 2.75) is 25.3 Å². The molecule has 1 aromatic carbocycles. The third-order valence-corrected chi connectivity index (χ3v) is 3.17. The van der Waals surface area contributed by atoms with E-state index in [-0.39, 0.29) is 12.6 Å². The summed E-state index contributed by atoms with van der Waals surface area (Å²) in [7, 11) is 0. The fourth-order valence-electron chi connectivity index (χ4n) is 1.61. The lowest BCUT2D eigenvalue weighted by Crippen LogP contribution is -2.37. The Balaban J connectivity index is 2.45. The van der Waals surface area contributed by atoms with Crippen LogP contribution in [-0.4, -0.2) is 25.7 Å². The molecule has 0 aliphatic heterocycles. The van der Waals surface area contributed by atoms with Crippen LogP contribution in [-0.2, 0) is 11.2 Å². The molecule has 0 saturated heterocycles. The van der Waals surface area contributed by atoms with Crippen LogP contribution in [0.1, 0.15) is 12.0 Å². The number of hydrogen-bond donors (Lipinski definition) is 2. The van der Waals surface area contributed by atoms with Gasteiger partial charge in [-0.1, -0.05) is 23.2 Å². The summed E-state index contributed by atoms with van der Waals surface area (Å²) in [6, 6.07) is 5.05. The summed E-state index contributed by atoms with van der Waals surface area (Å²) in [6.45, 7) is -0.355. The van der Waals surface area contributed by atoms with E-state index in [0.29, 0.717) is 22.9 Å². The summed E-state index contributed by atoms with van der Waals surface area (Å²) in [5, 5.41) is 1.18. The molecule has 1 aromatic rings. The molecule has 0 saturated carbocycles. The highest BCUT2D eigenvalue weighted by molar-refractivity contribution is 6.33. The van der Waals surface area contributed by atoms with E-state index < -0.39 is 13.0 Å². The van der Waals surface area contributed by atoms with Crippen molar-refractivity contribution in [2.24, 2.45) is 5.84 Å². The van der Waals surface area contributed by atoms with Crippen LogP contribution in [0.5, 0.6) is 0 Å². The van der Waals surface area contributed by atoms with E-state index in [9.17, 15) is 8.78 Å². The fraction of sp³-hybridized carbons (Fsp3) is 0.500. The highest BCUT2D eigenvalue weighted by Crippen LogP contribution is 2.22. The molecular formula is C12H16Cl2F2N2O. The van der Waals surface area contributed by atoms with E-state index in [1.165, 1.54) is 0 Å². The number of rotatable bonds is 8. The van der Waals surface area contributed by atoms with Gasteiger partial charge >= 0.3 is 0 Å². The van der Waals surface area contributed by atoms with Gasteiger partial charge in [-0.3, -0.25) is 11.3 Å². The third-order valence-electron chi connectivity index (χ3n) is 2.56. The molecule has 7 heteroatoms. The van der Waals surface area contributed by atoms with Gasteiger partial charge in [-0.15, -0.1) is 0 Å². The molecular weight excluding hydrogens is 297 g/mol. The van der Waals surface area contributed by atoms with Crippen molar-refractivity contribution < 1.29 is 13.5 Å². The second-order valence-electron chi connectivity index (χ2n) is 4.06. The lowest BCUT2D eigenvalue weighted by Gasteiger charge is -2.17. The first-order valence-corrected chi connectivity index (χ1v) is 6.54. The molecule has 3 N–H and O–H groups in total. The zero-order chi connectivity index (χ0) is 14.3. The molecule has 1 unspecified atom stereocenters. The number of ether oxygens (including phenoxy) is 1. The van der Waals surface area contributed by atoms with E-state index in [0.717, 1.165) is 5.56 Å². The molecule has 19 heavy (non-hydrogen) atoms. The second kappa shape index (κ2) is 8.66. The number of hydrogen-bond acceptors (Lipinski definition) is 3. The third kappa shape index (κ3) is 6.49. The Labute approximate surface area is 121 Å². The van der Waals surface area contributed by atoms with Crippen LogP contribution in [0.15, 0.2) is 18.2 Å². The number of nitrogens with two attached hydrogens (primary N) is 1. The van der Waals surface area contributed by atoms with E-state index in [1.807, 2.05) is 0 Å². The van der Waals surface area contributed by atoms with Crippen molar-refractivity contribution in [3.05, 3.63) is 33.8 Å². The largest absolute Gasteiger partial charge is 0.375 e. The van der Waals surface area contributed by atoms with Crippen molar-refractivity contribution in [1.29, 1.82) is 0 Å². The maximum absolute atomic E-state index is 11.9. The number of alkyl halides is 2. The van der Waals surface area contributed by atoms with Gasteiger partial charge in [-0.05, 0) is 36.6 Å². The van der Waals surface area contributed by atoms with Crippen LogP contribution in [0.3, 0.4) is 0 Å². The minimum atomic E-state index is -2.45. The zero-order valence-corrected chi connectivity index (χ0v) is 11.7. The molecule has 0 amide bonds. The molecule has 108 valence electrons. The van der Waals surface area contributed by atoms with Gasteiger partial charge in [-0.2, -0.15) is 0 Å². The summed E-state index contributed by atoms with van der Waals surface area (Å²) in [5.74, 6) is 5.42. The van der Waals surface area contributed by atoms with Crippen LogP contribution in [0.25, 0.3) is 0 Å². The average Bonchev–Trinajstić information content (AvgIpc) is 2.37. The minimum absolute atomic E-state index is 0.117. The van der Waals surface area contributed by atoms with Gasteiger partial charge in [0.2, 0.25) is 0 Å². The summed E-state index contributed by atoms with van der Waals surface area (Å²) >= 11 is 11.9. The van der Waals surface area contributed by atoms with Gasteiger partial charge < -0.3 is 4.74 Å². The second-order valence-corrected chi connectivity index (χ2v) is 4.90. The molecule has 3 nitrogen and oxygen atoms in total. The molecule has 0 aromatic heterocycles. The quantitative estimate of drug-likeness (QED) is 0.440. The van der Waals surface area contributed by atoms with Crippen molar-refractivity contribution in [3.63, 3.8) is 0 Å². The van der Waals surface area contributed by atoms with Crippen molar-refractivity contribution in [3.8, 4) is 0 Å². The summed E-state index contributed by atoms with van der Waals surface area (Å²) in [6.07, 6.45) is -1.40. The van der Waals surface area contributed by atoms with Crippen LogP contribution < -0.4 is 11.3 Å². The smallest absolute Gasteiger partial charge is 0.261 e. The molecule has 0 radical (unpaired) electrons. The maximum atomic E-state index is 11.9. The standard InChI is InChI=1S/C12H16Cl2F2N2O/c13-9-1-2-11(14)8(5-9)6-10(18-17)3-4-19-7-12(15)16/h1-2,5,10,12,18H,3-4,6-7,17H2. The van der Waals surface area contributed by atoms with Crippen LogP contribution >= 0.6 is 23.2 Å². The summed E-state index contributed by atoms with van der Waals surface area (Å²) in [4.78, 5) is 0. The number of halogens is 4. The maximum Gasteiger partial charge on any atom is 0.261 e. The van der Waals surface area contributed by atoms with E-state index >= 15 is 0 Å². The Morgan fingerprint density at radius 3 is 2.68 bits per heavy atom. The van der Waals surface area contributed by atoms with E-state index in [2.05, 4.69) is 5.43 Å². The highest BCUT2D eigenvalue weighted by Gasteiger charge is 2.11. The normalized spacial score (nSPS) is 12.9. The zero-order valence-electron chi connectivity index (χ0n) is 10.2. The Hall–Kier alpha value is -0.460. The van der Waals surface area contributed by atoms with Gasteiger partial charge in [0.15, 0.2) is 0 Å². The molecule has 1 atom stereocenters. The molecule has 0 heterocycles. The Morgan fingerprint density at radius 1 is 1.32 bits per heavy atom. The minimum Gasteiger partial charge on any atom is -0.375 e. The molecule has 0 bridgehead atoms. The summed E-state index contributed by atoms with van der Waals surface area (Å²) < 4.78 is 28.6. The average molecular weight is 313 g/mol. The molecule has 0 aliphatic carbocycles. The Morgan fingerprint density at radius 2 is 2.05 bits per heavy atom. The van der Waals surface area contributed by atoms with E-state index in [1.54, 1.807) is 18.2 Å². The first kappa shape index (κ1) is 16.6. The molecule has 1 rings (SSSR count). The van der Waals surface area contributed by atoms with Crippen LogP contribution in [0, 0.1) is 0 Å². The van der Waals surface area contributed by atoms with Gasteiger partial charge in [0, 0.05) is 22.7 Å². The number of hydrazine groups is 1. The highest BCUT2D eigenvalue weighted by atomic mass is 35.5. The van der Waals surface area contributed by atoms with Crippen LogP contribution in [0.2, 0.25) is 10.0 Å². The fourth-order valence-corrected chi connectivity index (χ4v) is 2.00. The predicted octanol–water partition coefficient (Wildman–Crippen LogP) is 3.04. The van der Waals surface area contributed by atoms with Crippen molar-refractivity contribution in [1.82, 2.24) is 5.43 Å². The predicted molar refractivity (Wildman–Crippen MR) is 72.7 cm³/mol. The van der Waals surface area contributed by atoms with Gasteiger partial charge in [0.05, 0.1) is 0 Å². The number of benzene rings is 1. The summed E-state index contributed by atoms with van der Waals surface area (Å²) in [5.41, 5.74) is 3.47. The SMILES string of the molecule is NNC(CCOCC(F)F)Cc1cc(Cl)ccc1Cl. The lowest BCUT2D eigenvalue weighted by atomic mass is 10.0. The molecule has 0 aliphatic rings. The monoisotopic (exact) mass is 312 g/mol. The van der Waals surface area contributed by atoms with Crippen molar-refractivity contribution in [2.75, 3.05) is 13.2 Å². The van der Waals surface area contributed by atoms with Crippen molar-refractivity contribution >= 4 is 23.2 Å². The van der Waals surface area contributed by atoms with Crippen LogP contribution in [0.4, 0.5) is 8.78 Å². The first-order valence-electron chi connectivity index (χ1n) is 5.79. The number of nitrogens with one attached hydrogen (secondary N) is 1. The van der Waals surface area contributed by atoms with Gasteiger partial charge in [0.1, 0.15) is 6.61 Å². The lowest BCUT2D eigenvalue weighted by molar-refractivity contribution is 0.0144. The molecule has 0 fully saturated rings. The van der Waals surface area contributed by atoms with Gasteiger partial charge in [0.25, 0.3) is 6.43 Å². The topological polar surface area (TPSA) is 47.3 Å². The Bertz CT molecular complexity index is 394. The molecule has 0 spiro atoms. The first-order chi connectivity index (χ1) is 9.02. The Kier molecular flexibility index (Phi) is 7.56.